The Labute approximate surface area is 168 Å². The molecule has 0 bridgehead atoms. The smallest absolute Gasteiger partial charge is 0.271 e. The number of nitrogens with zero attached hydrogens (tertiary/aromatic N) is 2. The second-order valence-electron chi connectivity index (χ2n) is 6.56. The molecule has 0 radical (unpaired) electrons. The van der Waals surface area contributed by atoms with Crippen LogP contribution in [0.3, 0.4) is 0 Å². The van der Waals surface area contributed by atoms with Crippen LogP contribution in [0.4, 0.5) is 0 Å². The van der Waals surface area contributed by atoms with Crippen molar-refractivity contribution in [3.63, 3.8) is 0 Å². The van der Waals surface area contributed by atoms with Gasteiger partial charge in [0.1, 0.15) is 17.4 Å². The molecule has 0 saturated carbocycles. The predicted octanol–water partition coefficient (Wildman–Crippen LogP) is 3.22. The number of aryl methyl sites for hydroxylation is 1. The highest BCUT2D eigenvalue weighted by Crippen LogP contribution is 2.25. The van der Waals surface area contributed by atoms with Gasteiger partial charge in [-0.3, -0.25) is 14.2 Å². The minimum absolute atomic E-state index is 0.0259. The normalized spacial score (nSPS) is 10.4. The molecule has 0 aliphatic heterocycles. The first-order chi connectivity index (χ1) is 14.0. The molecular formula is C23H20N2O4. The maximum Gasteiger partial charge on any atom is 0.271 e. The summed E-state index contributed by atoms with van der Waals surface area (Å²) in [5, 5.41) is 20.2. The summed E-state index contributed by atoms with van der Waals surface area (Å²) in [4.78, 5) is 25.7. The number of hydrogen-bond acceptors (Lipinski definition) is 5. The van der Waals surface area contributed by atoms with Crippen molar-refractivity contribution in [1.82, 2.24) is 4.57 Å². The number of carbonyl (C=O) groups excluding carboxylic acids is 1. The Bertz CT molecular complexity index is 1140. The van der Waals surface area contributed by atoms with E-state index in [4.69, 9.17) is 4.74 Å². The number of carbonyl (C=O) groups is 1. The fourth-order valence-electron chi connectivity index (χ4n) is 3.20. The molecule has 1 N–H and O–H groups in total. The van der Waals surface area contributed by atoms with Crippen molar-refractivity contribution in [2.24, 2.45) is 0 Å². The lowest BCUT2D eigenvalue weighted by Crippen LogP contribution is -2.27. The molecule has 1 aromatic heterocycles. The van der Waals surface area contributed by atoms with E-state index in [2.05, 4.69) is 0 Å². The molecule has 0 fully saturated rings. The maximum atomic E-state index is 13.0. The van der Waals surface area contributed by atoms with E-state index in [0.29, 0.717) is 17.7 Å². The number of hydrogen-bond donors (Lipinski definition) is 1. The molecule has 1 heterocycles. The van der Waals surface area contributed by atoms with Crippen LogP contribution < -0.4 is 10.3 Å². The van der Waals surface area contributed by atoms with Crippen molar-refractivity contribution >= 4 is 5.78 Å². The van der Waals surface area contributed by atoms with Crippen molar-refractivity contribution in [3.05, 3.63) is 92.8 Å². The van der Waals surface area contributed by atoms with E-state index in [9.17, 15) is 20.0 Å². The van der Waals surface area contributed by atoms with Gasteiger partial charge in [0.25, 0.3) is 5.56 Å². The lowest BCUT2D eigenvalue weighted by Gasteiger charge is -2.15. The molecule has 0 saturated heterocycles. The molecule has 3 aromatic rings. The summed E-state index contributed by atoms with van der Waals surface area (Å²) in [6, 6.07) is 17.7. The molecule has 0 unspecified atom stereocenters. The molecule has 6 nitrogen and oxygen atoms in total. The fourth-order valence-corrected chi connectivity index (χ4v) is 3.20. The third-order valence-corrected chi connectivity index (χ3v) is 4.85. The van der Waals surface area contributed by atoms with E-state index in [1.165, 1.54) is 6.92 Å². The van der Waals surface area contributed by atoms with Gasteiger partial charge in [-0.05, 0) is 36.6 Å². The Morgan fingerprint density at radius 3 is 2.38 bits per heavy atom. The van der Waals surface area contributed by atoms with Crippen LogP contribution in [0.2, 0.25) is 0 Å². The summed E-state index contributed by atoms with van der Waals surface area (Å²) in [7, 11) is 1.58. The van der Waals surface area contributed by atoms with Crippen LogP contribution >= 0.6 is 0 Å². The number of ketones is 1. The number of aromatic nitrogens is 1. The monoisotopic (exact) mass is 388 g/mol. The SMILES string of the molecule is COc1ccc(CCn2c(O)c(C(=O)c3ccccc3)c(C)c(C#N)c2=O)cc1. The Kier molecular flexibility index (Phi) is 5.79. The summed E-state index contributed by atoms with van der Waals surface area (Å²) in [6.07, 6.45) is 0.435. The molecule has 29 heavy (non-hydrogen) atoms. The zero-order valence-corrected chi connectivity index (χ0v) is 16.2. The van der Waals surface area contributed by atoms with Gasteiger partial charge in [-0.15, -0.1) is 0 Å². The lowest BCUT2D eigenvalue weighted by molar-refractivity contribution is 0.103. The van der Waals surface area contributed by atoms with E-state index < -0.39 is 17.2 Å². The minimum atomic E-state index is -0.611. The van der Waals surface area contributed by atoms with Crippen molar-refractivity contribution < 1.29 is 14.6 Å². The third-order valence-electron chi connectivity index (χ3n) is 4.85. The van der Waals surface area contributed by atoms with Gasteiger partial charge >= 0.3 is 0 Å². The number of ether oxygens (including phenoxy) is 1. The second kappa shape index (κ2) is 8.44. The minimum Gasteiger partial charge on any atom is -0.497 e. The van der Waals surface area contributed by atoms with E-state index in [1.54, 1.807) is 49.6 Å². The summed E-state index contributed by atoms with van der Waals surface area (Å²) in [5.74, 6) is -0.143. The van der Waals surface area contributed by atoms with Gasteiger partial charge in [0.05, 0.1) is 12.7 Å². The summed E-state index contributed by atoms with van der Waals surface area (Å²) in [5.41, 5.74) is 0.700. The highest BCUT2D eigenvalue weighted by atomic mass is 16.5. The molecule has 0 aliphatic carbocycles. The van der Waals surface area contributed by atoms with Crippen molar-refractivity contribution in [1.29, 1.82) is 5.26 Å². The predicted molar refractivity (Wildman–Crippen MR) is 108 cm³/mol. The first-order valence-corrected chi connectivity index (χ1v) is 9.07. The standard InChI is InChI=1S/C23H20N2O4/c1-15-19(14-24)22(27)25(13-12-16-8-10-18(29-2)11-9-16)23(28)20(15)21(26)17-6-4-3-5-7-17/h3-11,28H,12-13H2,1-2H3. The molecule has 0 atom stereocenters. The first kappa shape index (κ1) is 19.9. The molecular weight excluding hydrogens is 368 g/mol. The van der Waals surface area contributed by atoms with Gasteiger partial charge < -0.3 is 9.84 Å². The zero-order valence-electron chi connectivity index (χ0n) is 16.2. The number of methoxy groups -OCH3 is 1. The largest absolute Gasteiger partial charge is 0.497 e. The van der Waals surface area contributed by atoms with E-state index in [0.717, 1.165) is 10.1 Å². The van der Waals surface area contributed by atoms with E-state index >= 15 is 0 Å². The topological polar surface area (TPSA) is 92.3 Å². The van der Waals surface area contributed by atoms with Crippen molar-refractivity contribution in [2.45, 2.75) is 19.9 Å². The Morgan fingerprint density at radius 1 is 1.14 bits per heavy atom. The summed E-state index contributed by atoms with van der Waals surface area (Å²) < 4.78 is 6.22. The van der Waals surface area contributed by atoms with Gasteiger partial charge in [-0.2, -0.15) is 5.26 Å². The summed E-state index contributed by atoms with van der Waals surface area (Å²) >= 11 is 0. The van der Waals surface area contributed by atoms with Gasteiger partial charge in [0.15, 0.2) is 5.78 Å². The molecule has 146 valence electrons. The lowest BCUT2D eigenvalue weighted by atomic mass is 9.97. The quantitative estimate of drug-likeness (QED) is 0.655. The number of pyridine rings is 1. The summed E-state index contributed by atoms with van der Waals surface area (Å²) in [6.45, 7) is 1.63. The van der Waals surface area contributed by atoms with Gasteiger partial charge in [0.2, 0.25) is 5.88 Å². The highest BCUT2D eigenvalue weighted by molar-refractivity contribution is 6.11. The average Bonchev–Trinajstić information content (AvgIpc) is 2.75. The third kappa shape index (κ3) is 3.90. The number of nitriles is 1. The molecule has 0 spiro atoms. The molecule has 3 rings (SSSR count). The average molecular weight is 388 g/mol. The number of aromatic hydroxyl groups is 1. The van der Waals surface area contributed by atoms with Crippen LogP contribution in [-0.2, 0) is 13.0 Å². The fraction of sp³-hybridized carbons (Fsp3) is 0.174. The van der Waals surface area contributed by atoms with Gasteiger partial charge in [-0.25, -0.2) is 0 Å². The van der Waals surface area contributed by atoms with Crippen LogP contribution in [-0.4, -0.2) is 22.6 Å². The Hall–Kier alpha value is -3.85. The van der Waals surface area contributed by atoms with Crippen molar-refractivity contribution in [2.75, 3.05) is 7.11 Å². The Balaban J connectivity index is 2.04. The van der Waals surface area contributed by atoms with E-state index in [-0.39, 0.29) is 23.2 Å². The Morgan fingerprint density at radius 2 is 1.79 bits per heavy atom. The molecule has 0 aliphatic rings. The van der Waals surface area contributed by atoms with E-state index in [1.807, 2.05) is 18.2 Å². The van der Waals surface area contributed by atoms with Crippen LogP contribution in [0, 0.1) is 18.3 Å². The zero-order chi connectivity index (χ0) is 21.0. The van der Waals surface area contributed by atoms with Gasteiger partial charge in [-0.1, -0.05) is 42.5 Å². The molecule has 0 amide bonds. The molecule has 2 aromatic carbocycles. The highest BCUT2D eigenvalue weighted by Gasteiger charge is 2.24. The maximum absolute atomic E-state index is 13.0. The number of benzene rings is 2. The van der Waals surface area contributed by atoms with Crippen LogP contribution in [0.15, 0.2) is 59.4 Å². The second-order valence-corrected chi connectivity index (χ2v) is 6.56. The van der Waals surface area contributed by atoms with Crippen LogP contribution in [0.25, 0.3) is 0 Å². The van der Waals surface area contributed by atoms with Crippen LogP contribution in [0.5, 0.6) is 11.6 Å². The van der Waals surface area contributed by atoms with Crippen LogP contribution in [0.1, 0.15) is 32.6 Å². The van der Waals surface area contributed by atoms with Gasteiger partial charge in [0, 0.05) is 12.1 Å². The molecule has 6 heteroatoms. The first-order valence-electron chi connectivity index (χ1n) is 9.07. The van der Waals surface area contributed by atoms with Crippen molar-refractivity contribution in [3.8, 4) is 17.7 Å². The number of rotatable bonds is 6.